The number of amides is 1. The molecule has 1 aromatic rings. The SMILES string of the molecule is CCN(CC)CCCC(C)NC(=O)c1ccnc(Cl)c1. The Hall–Kier alpha value is -1.13. The van der Waals surface area contributed by atoms with Crippen molar-refractivity contribution in [3.05, 3.63) is 29.0 Å². The summed E-state index contributed by atoms with van der Waals surface area (Å²) in [4.78, 5) is 18.3. The first-order chi connectivity index (χ1) is 9.56. The Morgan fingerprint density at radius 3 is 2.75 bits per heavy atom. The Labute approximate surface area is 126 Å². The predicted molar refractivity (Wildman–Crippen MR) is 83.2 cm³/mol. The minimum Gasteiger partial charge on any atom is -0.350 e. The standard InChI is InChI=1S/C15H24ClN3O/c1-4-19(5-2)10-6-7-12(3)18-15(20)13-8-9-17-14(16)11-13/h8-9,11-12H,4-7,10H2,1-3H3,(H,18,20). The van der Waals surface area contributed by atoms with Gasteiger partial charge in [-0.2, -0.15) is 0 Å². The summed E-state index contributed by atoms with van der Waals surface area (Å²) >= 11 is 5.78. The first-order valence-electron chi connectivity index (χ1n) is 7.21. The molecule has 1 unspecified atom stereocenters. The highest BCUT2D eigenvalue weighted by molar-refractivity contribution is 6.29. The molecule has 4 nitrogen and oxygen atoms in total. The number of carbonyl (C=O) groups is 1. The molecule has 1 rings (SSSR count). The van der Waals surface area contributed by atoms with Gasteiger partial charge in [0.2, 0.25) is 0 Å². The molecule has 0 spiro atoms. The third-order valence-electron chi connectivity index (χ3n) is 3.37. The first-order valence-corrected chi connectivity index (χ1v) is 7.59. The van der Waals surface area contributed by atoms with Crippen molar-refractivity contribution >= 4 is 17.5 Å². The minimum absolute atomic E-state index is 0.0929. The molecule has 1 atom stereocenters. The van der Waals surface area contributed by atoms with Crippen LogP contribution < -0.4 is 5.32 Å². The maximum absolute atomic E-state index is 12.0. The maximum atomic E-state index is 12.0. The molecule has 1 heterocycles. The molecular weight excluding hydrogens is 274 g/mol. The molecular formula is C15H24ClN3O. The number of carbonyl (C=O) groups excluding carboxylic acids is 1. The molecule has 0 bridgehead atoms. The summed E-state index contributed by atoms with van der Waals surface area (Å²) in [7, 11) is 0. The van der Waals surface area contributed by atoms with E-state index in [4.69, 9.17) is 11.6 Å². The lowest BCUT2D eigenvalue weighted by molar-refractivity contribution is 0.0937. The van der Waals surface area contributed by atoms with E-state index in [0.29, 0.717) is 10.7 Å². The van der Waals surface area contributed by atoms with Crippen molar-refractivity contribution in [2.75, 3.05) is 19.6 Å². The van der Waals surface area contributed by atoms with Gasteiger partial charge in [0.1, 0.15) is 5.15 Å². The van der Waals surface area contributed by atoms with Gasteiger partial charge in [0, 0.05) is 17.8 Å². The fraction of sp³-hybridized carbons (Fsp3) is 0.600. The predicted octanol–water partition coefficient (Wildman–Crippen LogP) is 2.98. The number of nitrogens with zero attached hydrogens (tertiary/aromatic N) is 2. The van der Waals surface area contributed by atoms with Gasteiger partial charge in [0.25, 0.3) is 5.91 Å². The number of nitrogens with one attached hydrogen (secondary N) is 1. The monoisotopic (exact) mass is 297 g/mol. The zero-order valence-corrected chi connectivity index (χ0v) is 13.3. The summed E-state index contributed by atoms with van der Waals surface area (Å²) in [5.41, 5.74) is 0.556. The number of hydrogen-bond acceptors (Lipinski definition) is 3. The first kappa shape index (κ1) is 16.9. The molecule has 0 saturated heterocycles. The summed E-state index contributed by atoms with van der Waals surface area (Å²) in [5, 5.41) is 3.33. The van der Waals surface area contributed by atoms with E-state index in [0.717, 1.165) is 32.5 Å². The highest BCUT2D eigenvalue weighted by Crippen LogP contribution is 2.08. The highest BCUT2D eigenvalue weighted by atomic mass is 35.5. The molecule has 112 valence electrons. The van der Waals surface area contributed by atoms with Gasteiger partial charge in [-0.3, -0.25) is 4.79 Å². The third kappa shape index (κ3) is 5.88. The van der Waals surface area contributed by atoms with E-state index in [-0.39, 0.29) is 11.9 Å². The van der Waals surface area contributed by atoms with Gasteiger partial charge < -0.3 is 10.2 Å². The van der Waals surface area contributed by atoms with Crippen LogP contribution in [0, 0.1) is 0 Å². The molecule has 0 saturated carbocycles. The van der Waals surface area contributed by atoms with Crippen LogP contribution in [-0.2, 0) is 0 Å². The molecule has 0 aromatic carbocycles. The molecule has 0 fully saturated rings. The number of halogens is 1. The van der Waals surface area contributed by atoms with Crippen LogP contribution in [0.2, 0.25) is 5.15 Å². The molecule has 0 aliphatic carbocycles. The van der Waals surface area contributed by atoms with Gasteiger partial charge in [-0.25, -0.2) is 4.98 Å². The molecule has 0 radical (unpaired) electrons. The lowest BCUT2D eigenvalue weighted by atomic mass is 10.1. The van der Waals surface area contributed by atoms with E-state index in [1.165, 1.54) is 0 Å². The molecule has 1 aromatic heterocycles. The zero-order chi connectivity index (χ0) is 15.0. The van der Waals surface area contributed by atoms with Crippen molar-refractivity contribution in [2.45, 2.75) is 39.7 Å². The second kappa shape index (κ2) is 8.93. The molecule has 5 heteroatoms. The van der Waals surface area contributed by atoms with Crippen molar-refractivity contribution in [3.63, 3.8) is 0 Å². The van der Waals surface area contributed by atoms with Gasteiger partial charge in [0.05, 0.1) is 0 Å². The average molecular weight is 298 g/mol. The number of hydrogen-bond donors (Lipinski definition) is 1. The summed E-state index contributed by atoms with van der Waals surface area (Å²) in [6.45, 7) is 9.60. The quantitative estimate of drug-likeness (QED) is 0.750. The van der Waals surface area contributed by atoms with E-state index in [1.807, 2.05) is 6.92 Å². The van der Waals surface area contributed by atoms with E-state index in [9.17, 15) is 4.79 Å². The molecule has 1 N–H and O–H groups in total. The number of aromatic nitrogens is 1. The normalized spacial score (nSPS) is 12.4. The molecule has 1 amide bonds. The Kier molecular flexibility index (Phi) is 7.55. The summed E-state index contributed by atoms with van der Waals surface area (Å²) in [5.74, 6) is -0.0929. The molecule has 0 aliphatic heterocycles. The second-order valence-electron chi connectivity index (χ2n) is 4.91. The van der Waals surface area contributed by atoms with Crippen LogP contribution in [0.5, 0.6) is 0 Å². The topological polar surface area (TPSA) is 45.2 Å². The van der Waals surface area contributed by atoms with Crippen LogP contribution in [0.25, 0.3) is 0 Å². The van der Waals surface area contributed by atoms with Crippen LogP contribution in [-0.4, -0.2) is 41.5 Å². The summed E-state index contributed by atoms with van der Waals surface area (Å²) in [6.07, 6.45) is 3.60. The fourth-order valence-electron chi connectivity index (χ4n) is 2.08. The molecule has 20 heavy (non-hydrogen) atoms. The van der Waals surface area contributed by atoms with Crippen LogP contribution in [0.3, 0.4) is 0 Å². The second-order valence-corrected chi connectivity index (χ2v) is 5.30. The van der Waals surface area contributed by atoms with E-state index in [2.05, 4.69) is 29.0 Å². The van der Waals surface area contributed by atoms with Crippen molar-refractivity contribution in [3.8, 4) is 0 Å². The van der Waals surface area contributed by atoms with Crippen molar-refractivity contribution in [1.82, 2.24) is 15.2 Å². The van der Waals surface area contributed by atoms with Crippen LogP contribution in [0.4, 0.5) is 0 Å². The maximum Gasteiger partial charge on any atom is 0.251 e. The summed E-state index contributed by atoms with van der Waals surface area (Å²) < 4.78 is 0. The average Bonchev–Trinajstić information content (AvgIpc) is 2.43. The van der Waals surface area contributed by atoms with Crippen LogP contribution in [0.1, 0.15) is 44.0 Å². The lowest BCUT2D eigenvalue weighted by Gasteiger charge is -2.19. The Morgan fingerprint density at radius 2 is 2.15 bits per heavy atom. The zero-order valence-electron chi connectivity index (χ0n) is 12.5. The van der Waals surface area contributed by atoms with Crippen LogP contribution in [0.15, 0.2) is 18.3 Å². The van der Waals surface area contributed by atoms with E-state index < -0.39 is 0 Å². The van der Waals surface area contributed by atoms with Gasteiger partial charge in [-0.1, -0.05) is 25.4 Å². The lowest BCUT2D eigenvalue weighted by Crippen LogP contribution is -2.33. The van der Waals surface area contributed by atoms with Gasteiger partial charge in [-0.15, -0.1) is 0 Å². The Balaban J connectivity index is 2.35. The molecule has 0 aliphatic rings. The van der Waals surface area contributed by atoms with Crippen molar-refractivity contribution in [2.24, 2.45) is 0 Å². The highest BCUT2D eigenvalue weighted by Gasteiger charge is 2.10. The Bertz CT molecular complexity index is 421. The van der Waals surface area contributed by atoms with Crippen LogP contribution >= 0.6 is 11.6 Å². The minimum atomic E-state index is -0.0929. The smallest absolute Gasteiger partial charge is 0.251 e. The number of rotatable bonds is 8. The van der Waals surface area contributed by atoms with Gasteiger partial charge in [0.15, 0.2) is 0 Å². The van der Waals surface area contributed by atoms with Gasteiger partial charge in [-0.05, 0) is 51.5 Å². The Morgan fingerprint density at radius 1 is 1.45 bits per heavy atom. The third-order valence-corrected chi connectivity index (χ3v) is 3.58. The number of pyridine rings is 1. The fourth-order valence-corrected chi connectivity index (χ4v) is 2.26. The largest absolute Gasteiger partial charge is 0.350 e. The van der Waals surface area contributed by atoms with E-state index >= 15 is 0 Å². The summed E-state index contributed by atoms with van der Waals surface area (Å²) in [6, 6.07) is 3.41. The van der Waals surface area contributed by atoms with Gasteiger partial charge >= 0.3 is 0 Å². The van der Waals surface area contributed by atoms with Crippen molar-refractivity contribution in [1.29, 1.82) is 0 Å². The van der Waals surface area contributed by atoms with E-state index in [1.54, 1.807) is 18.3 Å². The van der Waals surface area contributed by atoms with Crippen molar-refractivity contribution < 1.29 is 4.79 Å².